The van der Waals surface area contributed by atoms with Gasteiger partial charge in [0.05, 0.1) is 7.14 Å². The van der Waals surface area contributed by atoms with Crippen LogP contribution in [0.25, 0.3) is 6.08 Å². The first-order chi connectivity index (χ1) is 15.0. The summed E-state index contributed by atoms with van der Waals surface area (Å²) in [7, 11) is 0. The third-order valence-electron chi connectivity index (χ3n) is 4.50. The summed E-state index contributed by atoms with van der Waals surface area (Å²) in [4.78, 5) is 12.4. The van der Waals surface area contributed by atoms with Gasteiger partial charge in [0.2, 0.25) is 0 Å². The maximum absolute atomic E-state index is 12.4. The van der Waals surface area contributed by atoms with Crippen LogP contribution in [0, 0.1) is 25.4 Å². The molecule has 0 saturated carbocycles. The van der Waals surface area contributed by atoms with Crippen molar-refractivity contribution in [3.8, 4) is 11.8 Å². The van der Waals surface area contributed by atoms with Gasteiger partial charge in [0.15, 0.2) is 0 Å². The number of rotatable bonds is 7. The summed E-state index contributed by atoms with van der Waals surface area (Å²) in [6.45, 7) is 2.91. The molecule has 0 unspecified atom stereocenters. The molecule has 0 aliphatic carbocycles. The number of carbonyl (C=O) groups is 1. The number of carbonyl (C=O) groups excluding carboxylic acids is 1. The second-order valence-corrected chi connectivity index (χ2v) is 9.25. The predicted molar refractivity (Wildman–Crippen MR) is 139 cm³/mol. The SMILES string of the molecule is Cc1ccc(COc2c(I)cc(/C=C(/C#N)C(=O)NCc3ccccc3)cc2I)cc1. The van der Waals surface area contributed by atoms with E-state index in [0.29, 0.717) is 13.2 Å². The molecule has 1 N–H and O–H groups in total. The predicted octanol–water partition coefficient (Wildman–Crippen LogP) is 6.01. The Morgan fingerprint density at radius 2 is 1.68 bits per heavy atom. The van der Waals surface area contributed by atoms with Gasteiger partial charge in [-0.1, -0.05) is 60.2 Å². The normalized spacial score (nSPS) is 11.0. The maximum Gasteiger partial charge on any atom is 0.262 e. The molecular weight excluding hydrogens is 614 g/mol. The number of halogens is 2. The first-order valence-corrected chi connectivity index (χ1v) is 11.7. The van der Waals surface area contributed by atoms with Gasteiger partial charge in [0.25, 0.3) is 5.91 Å². The molecule has 0 aliphatic rings. The highest BCUT2D eigenvalue weighted by atomic mass is 127. The minimum Gasteiger partial charge on any atom is -0.487 e. The largest absolute Gasteiger partial charge is 0.487 e. The van der Waals surface area contributed by atoms with Crippen molar-refractivity contribution in [2.45, 2.75) is 20.1 Å². The summed E-state index contributed by atoms with van der Waals surface area (Å²) in [5, 5.41) is 12.3. The van der Waals surface area contributed by atoms with Gasteiger partial charge in [-0.15, -0.1) is 0 Å². The van der Waals surface area contributed by atoms with Crippen molar-refractivity contribution in [3.63, 3.8) is 0 Å². The van der Waals surface area contributed by atoms with E-state index in [1.165, 1.54) is 5.56 Å². The molecule has 0 heterocycles. The van der Waals surface area contributed by atoms with Gasteiger partial charge in [-0.05, 0) is 87.0 Å². The Labute approximate surface area is 209 Å². The van der Waals surface area contributed by atoms with E-state index in [1.54, 1.807) is 6.08 Å². The first-order valence-electron chi connectivity index (χ1n) is 9.57. The fraction of sp³-hybridized carbons (Fsp3) is 0.120. The Hall–Kier alpha value is -2.38. The molecule has 1 amide bonds. The highest BCUT2D eigenvalue weighted by Gasteiger charge is 2.12. The Kier molecular flexibility index (Phi) is 8.49. The second kappa shape index (κ2) is 11.3. The van der Waals surface area contributed by atoms with E-state index >= 15 is 0 Å². The molecule has 0 atom stereocenters. The van der Waals surface area contributed by atoms with Crippen LogP contribution in [0.5, 0.6) is 5.75 Å². The van der Waals surface area contributed by atoms with Crippen molar-refractivity contribution in [2.75, 3.05) is 0 Å². The van der Waals surface area contributed by atoms with Crippen molar-refractivity contribution in [2.24, 2.45) is 0 Å². The number of nitrogens with zero attached hydrogens (tertiary/aromatic N) is 1. The number of aryl methyl sites for hydroxylation is 1. The lowest BCUT2D eigenvalue weighted by Crippen LogP contribution is -2.23. The van der Waals surface area contributed by atoms with Gasteiger partial charge < -0.3 is 10.1 Å². The zero-order chi connectivity index (χ0) is 22.2. The van der Waals surface area contributed by atoms with Crippen LogP contribution in [0.1, 0.15) is 22.3 Å². The van der Waals surface area contributed by atoms with Gasteiger partial charge in [0.1, 0.15) is 24.0 Å². The smallest absolute Gasteiger partial charge is 0.262 e. The second-order valence-electron chi connectivity index (χ2n) is 6.93. The lowest BCUT2D eigenvalue weighted by Gasteiger charge is -2.12. The van der Waals surface area contributed by atoms with Crippen LogP contribution in [0.15, 0.2) is 72.3 Å². The van der Waals surface area contributed by atoms with E-state index in [2.05, 4.69) is 81.7 Å². The van der Waals surface area contributed by atoms with Crippen molar-refractivity contribution in [1.82, 2.24) is 5.32 Å². The standard InChI is InChI=1S/C25H20I2N2O2/c1-17-7-9-19(10-8-17)16-31-24-22(26)12-20(13-23(24)27)11-21(14-28)25(30)29-15-18-5-3-2-4-6-18/h2-13H,15-16H2,1H3,(H,29,30)/b21-11-. The Balaban J connectivity index is 1.71. The number of nitrogens with one attached hydrogen (secondary N) is 1. The molecular formula is C25H20I2N2O2. The van der Waals surface area contributed by atoms with Crippen molar-refractivity contribution in [1.29, 1.82) is 5.26 Å². The Morgan fingerprint density at radius 1 is 1.03 bits per heavy atom. The molecule has 156 valence electrons. The van der Waals surface area contributed by atoms with Crippen LogP contribution in [-0.2, 0) is 17.9 Å². The topological polar surface area (TPSA) is 62.1 Å². The molecule has 3 aromatic rings. The maximum atomic E-state index is 12.4. The zero-order valence-electron chi connectivity index (χ0n) is 16.9. The van der Waals surface area contributed by atoms with E-state index in [-0.39, 0.29) is 5.57 Å². The number of benzene rings is 3. The summed E-state index contributed by atoms with van der Waals surface area (Å²) in [5.74, 6) is 0.405. The average molecular weight is 634 g/mol. The quantitative estimate of drug-likeness (QED) is 0.197. The molecule has 3 rings (SSSR count). The minimum atomic E-state index is -0.393. The van der Waals surface area contributed by atoms with Crippen LogP contribution in [0.4, 0.5) is 0 Å². The summed E-state index contributed by atoms with van der Waals surface area (Å²) in [6, 6.07) is 23.7. The summed E-state index contributed by atoms with van der Waals surface area (Å²) in [6.07, 6.45) is 1.61. The van der Waals surface area contributed by atoms with Crippen LogP contribution < -0.4 is 10.1 Å². The fourth-order valence-electron chi connectivity index (χ4n) is 2.83. The van der Waals surface area contributed by atoms with E-state index in [0.717, 1.165) is 29.6 Å². The van der Waals surface area contributed by atoms with E-state index in [9.17, 15) is 10.1 Å². The van der Waals surface area contributed by atoms with Crippen molar-refractivity contribution >= 4 is 57.2 Å². The lowest BCUT2D eigenvalue weighted by atomic mass is 10.1. The van der Waals surface area contributed by atoms with E-state index in [1.807, 2.05) is 48.5 Å². The van der Waals surface area contributed by atoms with Crippen LogP contribution >= 0.6 is 45.2 Å². The Morgan fingerprint density at radius 3 is 2.29 bits per heavy atom. The lowest BCUT2D eigenvalue weighted by molar-refractivity contribution is -0.117. The third-order valence-corrected chi connectivity index (χ3v) is 6.10. The van der Waals surface area contributed by atoms with Crippen molar-refractivity contribution < 1.29 is 9.53 Å². The highest BCUT2D eigenvalue weighted by Crippen LogP contribution is 2.30. The number of hydrogen-bond donors (Lipinski definition) is 1. The molecule has 31 heavy (non-hydrogen) atoms. The molecule has 0 fully saturated rings. The van der Waals surface area contributed by atoms with Gasteiger partial charge >= 0.3 is 0 Å². The first kappa shape index (κ1) is 23.3. The number of hydrogen-bond acceptors (Lipinski definition) is 3. The monoisotopic (exact) mass is 634 g/mol. The van der Waals surface area contributed by atoms with Crippen LogP contribution in [0.3, 0.4) is 0 Å². The molecule has 3 aromatic carbocycles. The molecule has 0 aromatic heterocycles. The molecule has 0 radical (unpaired) electrons. The number of nitriles is 1. The van der Waals surface area contributed by atoms with Crippen LogP contribution in [-0.4, -0.2) is 5.91 Å². The molecule has 0 spiro atoms. The summed E-state index contributed by atoms with van der Waals surface area (Å²) >= 11 is 4.44. The van der Waals surface area contributed by atoms with E-state index < -0.39 is 5.91 Å². The number of ether oxygens (including phenoxy) is 1. The summed E-state index contributed by atoms with van der Waals surface area (Å²) < 4.78 is 7.88. The van der Waals surface area contributed by atoms with E-state index in [4.69, 9.17) is 4.74 Å². The van der Waals surface area contributed by atoms with Gasteiger partial charge in [-0.3, -0.25) is 4.79 Å². The molecule has 0 bridgehead atoms. The Bertz CT molecular complexity index is 1110. The summed E-state index contributed by atoms with van der Waals surface area (Å²) in [5.41, 5.74) is 4.14. The molecule has 6 heteroatoms. The van der Waals surface area contributed by atoms with Crippen molar-refractivity contribution in [3.05, 3.63) is 102 Å². The average Bonchev–Trinajstić information content (AvgIpc) is 2.77. The third kappa shape index (κ3) is 6.80. The minimum absolute atomic E-state index is 0.0656. The molecule has 0 aliphatic heterocycles. The fourth-order valence-corrected chi connectivity index (χ4v) is 4.96. The van der Waals surface area contributed by atoms with Gasteiger partial charge in [-0.2, -0.15) is 5.26 Å². The number of amides is 1. The molecule has 0 saturated heterocycles. The van der Waals surface area contributed by atoms with Gasteiger partial charge in [-0.25, -0.2) is 0 Å². The van der Waals surface area contributed by atoms with Gasteiger partial charge in [0, 0.05) is 6.54 Å². The zero-order valence-corrected chi connectivity index (χ0v) is 21.2. The highest BCUT2D eigenvalue weighted by molar-refractivity contribution is 14.1. The molecule has 4 nitrogen and oxygen atoms in total. The van der Waals surface area contributed by atoms with Crippen LogP contribution in [0.2, 0.25) is 0 Å².